The second-order valence-electron chi connectivity index (χ2n) is 4.02. The van der Waals surface area contributed by atoms with Gasteiger partial charge < -0.3 is 5.11 Å². The minimum Gasteiger partial charge on any atom is -0.506 e. The Hall–Kier alpha value is -2.04. The van der Waals surface area contributed by atoms with Crippen LogP contribution in [0.1, 0.15) is 24.8 Å². The minimum atomic E-state index is -1.01. The molecule has 1 aromatic carbocycles. The monoisotopic (exact) mass is 252 g/mol. The molecule has 5 heteroatoms. The summed E-state index contributed by atoms with van der Waals surface area (Å²) in [5, 5.41) is 9.81. The second kappa shape index (κ2) is 4.68. The predicted molar refractivity (Wildman–Crippen MR) is 59.8 cm³/mol. The summed E-state index contributed by atoms with van der Waals surface area (Å²) >= 11 is 0. The fourth-order valence-electron chi connectivity index (χ4n) is 1.93. The quantitative estimate of drug-likeness (QED) is 0.474. The zero-order chi connectivity index (χ0) is 13.3. The lowest BCUT2D eigenvalue weighted by atomic mass is 9.89. The molecule has 1 aliphatic carbocycles. The zero-order valence-electron chi connectivity index (χ0n) is 9.37. The van der Waals surface area contributed by atoms with Gasteiger partial charge in [0.2, 0.25) is 0 Å². The van der Waals surface area contributed by atoms with E-state index in [0.29, 0.717) is 6.42 Å². The number of halogens is 2. The molecule has 0 aliphatic heterocycles. The first kappa shape index (κ1) is 12.4. The van der Waals surface area contributed by atoms with Crippen LogP contribution in [-0.4, -0.2) is 16.7 Å². The molecule has 2 rings (SSSR count). The highest BCUT2D eigenvalue weighted by Gasteiger charge is 2.29. The average molecular weight is 252 g/mol. The summed E-state index contributed by atoms with van der Waals surface area (Å²) in [4.78, 5) is 23.1. The molecule has 1 fully saturated rings. The Balaban J connectivity index is 2.62. The maximum absolute atomic E-state index is 13.5. The topological polar surface area (TPSA) is 54.4 Å². The molecule has 1 aromatic rings. The molecule has 1 N–H and O–H groups in total. The number of rotatable bonds is 1. The van der Waals surface area contributed by atoms with Gasteiger partial charge in [-0.1, -0.05) is 6.07 Å². The van der Waals surface area contributed by atoms with E-state index in [0.717, 1.165) is 18.2 Å². The van der Waals surface area contributed by atoms with Crippen molar-refractivity contribution in [3.8, 4) is 0 Å². The number of carbonyl (C=O) groups excluding carboxylic acids is 2. The summed E-state index contributed by atoms with van der Waals surface area (Å²) in [5.74, 6) is -4.07. The van der Waals surface area contributed by atoms with Crippen molar-refractivity contribution in [3.05, 3.63) is 41.0 Å². The number of hydrogen-bond donors (Lipinski definition) is 1. The maximum atomic E-state index is 13.5. The largest absolute Gasteiger partial charge is 0.506 e. The first-order valence-electron chi connectivity index (χ1n) is 5.46. The normalized spacial score (nSPS) is 16.0. The van der Waals surface area contributed by atoms with E-state index in [4.69, 9.17) is 0 Å². The summed E-state index contributed by atoms with van der Waals surface area (Å²) in [7, 11) is 0. The van der Waals surface area contributed by atoms with E-state index in [1.807, 2.05) is 0 Å². The summed E-state index contributed by atoms with van der Waals surface area (Å²) in [6.45, 7) is 0. The second-order valence-corrected chi connectivity index (χ2v) is 4.02. The van der Waals surface area contributed by atoms with Crippen LogP contribution in [0.25, 0.3) is 5.76 Å². The van der Waals surface area contributed by atoms with Crippen molar-refractivity contribution >= 4 is 17.3 Å². The molecule has 0 aromatic heterocycles. The number of Topliss-reactive ketones (excluding diaryl/α,β-unsaturated/α-hetero) is 2. The number of ketones is 2. The smallest absolute Gasteiger partial charge is 0.170 e. The van der Waals surface area contributed by atoms with Crippen LogP contribution in [-0.2, 0) is 9.59 Å². The first-order chi connectivity index (χ1) is 8.52. The Morgan fingerprint density at radius 3 is 2.06 bits per heavy atom. The van der Waals surface area contributed by atoms with Crippen LogP contribution in [0.15, 0.2) is 23.8 Å². The fraction of sp³-hybridized carbons (Fsp3) is 0.231. The molecule has 94 valence electrons. The Kier molecular flexibility index (Phi) is 3.23. The van der Waals surface area contributed by atoms with E-state index in [2.05, 4.69) is 0 Å². The van der Waals surface area contributed by atoms with Gasteiger partial charge in [-0.05, 0) is 18.6 Å². The number of allylic oxidation sites excluding steroid dienone is 1. The van der Waals surface area contributed by atoms with Gasteiger partial charge in [-0.2, -0.15) is 0 Å². The third-order valence-corrected chi connectivity index (χ3v) is 2.80. The number of hydrogen-bond acceptors (Lipinski definition) is 3. The van der Waals surface area contributed by atoms with Crippen LogP contribution in [0.4, 0.5) is 8.78 Å². The van der Waals surface area contributed by atoms with Gasteiger partial charge in [0.05, 0.1) is 5.56 Å². The van der Waals surface area contributed by atoms with Crippen molar-refractivity contribution in [2.24, 2.45) is 0 Å². The van der Waals surface area contributed by atoms with Gasteiger partial charge >= 0.3 is 0 Å². The highest BCUT2D eigenvalue weighted by molar-refractivity contribution is 6.25. The number of benzene rings is 1. The standard InChI is InChI=1S/C13H10F2O3/c14-7-3-1-4-8(15)11(7)13(18)12-9(16)5-2-6-10(12)17/h1,3-4,18H,2,5-6H2. The lowest BCUT2D eigenvalue weighted by molar-refractivity contribution is -0.123. The van der Waals surface area contributed by atoms with Crippen molar-refractivity contribution in [1.82, 2.24) is 0 Å². The molecule has 0 bridgehead atoms. The molecule has 3 nitrogen and oxygen atoms in total. The van der Waals surface area contributed by atoms with Crippen LogP contribution >= 0.6 is 0 Å². The molecule has 0 atom stereocenters. The van der Waals surface area contributed by atoms with Crippen LogP contribution < -0.4 is 0 Å². The minimum absolute atomic E-state index is 0.0984. The SMILES string of the molecule is O=C1CCCC(=O)C1=C(O)c1c(F)cccc1F. The Morgan fingerprint density at radius 2 is 1.56 bits per heavy atom. The number of aliphatic hydroxyl groups is 1. The molecule has 0 amide bonds. The van der Waals surface area contributed by atoms with E-state index in [-0.39, 0.29) is 12.8 Å². The van der Waals surface area contributed by atoms with Crippen LogP contribution in [0.3, 0.4) is 0 Å². The Morgan fingerprint density at radius 1 is 1.06 bits per heavy atom. The van der Waals surface area contributed by atoms with Crippen molar-refractivity contribution in [3.63, 3.8) is 0 Å². The first-order valence-corrected chi connectivity index (χ1v) is 5.46. The lowest BCUT2D eigenvalue weighted by Crippen LogP contribution is -2.21. The highest BCUT2D eigenvalue weighted by Crippen LogP contribution is 2.27. The predicted octanol–water partition coefficient (Wildman–Crippen LogP) is 2.56. The Labute approximate surface area is 102 Å². The highest BCUT2D eigenvalue weighted by atomic mass is 19.1. The zero-order valence-corrected chi connectivity index (χ0v) is 9.37. The molecule has 0 radical (unpaired) electrons. The van der Waals surface area contributed by atoms with E-state index in [1.54, 1.807) is 0 Å². The molecule has 0 unspecified atom stereocenters. The number of carbonyl (C=O) groups is 2. The third-order valence-electron chi connectivity index (χ3n) is 2.80. The summed E-state index contributed by atoms with van der Waals surface area (Å²) in [6, 6.07) is 3.04. The molecular formula is C13H10F2O3. The van der Waals surface area contributed by atoms with E-state index < -0.39 is 40.1 Å². The Bertz CT molecular complexity index is 523. The molecule has 0 spiro atoms. The molecule has 1 aliphatic rings. The summed E-state index contributed by atoms with van der Waals surface area (Å²) in [5.41, 5.74) is -1.22. The molecular weight excluding hydrogens is 242 g/mol. The van der Waals surface area contributed by atoms with Crippen LogP contribution in [0.5, 0.6) is 0 Å². The molecule has 1 saturated carbocycles. The van der Waals surface area contributed by atoms with Gasteiger partial charge in [-0.3, -0.25) is 9.59 Å². The summed E-state index contributed by atoms with van der Waals surface area (Å²) in [6.07, 6.45) is 0.594. The third kappa shape index (κ3) is 2.03. The van der Waals surface area contributed by atoms with E-state index >= 15 is 0 Å². The van der Waals surface area contributed by atoms with Crippen molar-refractivity contribution < 1.29 is 23.5 Å². The van der Waals surface area contributed by atoms with Crippen molar-refractivity contribution in [1.29, 1.82) is 0 Å². The maximum Gasteiger partial charge on any atom is 0.170 e. The lowest BCUT2D eigenvalue weighted by Gasteiger charge is -2.14. The van der Waals surface area contributed by atoms with Crippen molar-refractivity contribution in [2.75, 3.05) is 0 Å². The van der Waals surface area contributed by atoms with Crippen LogP contribution in [0.2, 0.25) is 0 Å². The van der Waals surface area contributed by atoms with Gasteiger partial charge in [-0.15, -0.1) is 0 Å². The molecule has 0 heterocycles. The van der Waals surface area contributed by atoms with Gasteiger partial charge in [0.25, 0.3) is 0 Å². The van der Waals surface area contributed by atoms with Gasteiger partial charge in [0.15, 0.2) is 11.6 Å². The van der Waals surface area contributed by atoms with Gasteiger partial charge in [0.1, 0.15) is 23.0 Å². The van der Waals surface area contributed by atoms with E-state index in [9.17, 15) is 23.5 Å². The van der Waals surface area contributed by atoms with Crippen molar-refractivity contribution in [2.45, 2.75) is 19.3 Å². The summed E-state index contributed by atoms with van der Waals surface area (Å²) < 4.78 is 26.9. The van der Waals surface area contributed by atoms with E-state index in [1.165, 1.54) is 0 Å². The van der Waals surface area contributed by atoms with Crippen LogP contribution in [0, 0.1) is 11.6 Å². The average Bonchev–Trinajstić information content (AvgIpc) is 2.28. The van der Waals surface area contributed by atoms with Gasteiger partial charge in [-0.25, -0.2) is 8.78 Å². The van der Waals surface area contributed by atoms with Gasteiger partial charge in [0, 0.05) is 12.8 Å². The molecule has 0 saturated heterocycles. The molecule has 18 heavy (non-hydrogen) atoms. The number of aliphatic hydroxyl groups excluding tert-OH is 1. The fourth-order valence-corrected chi connectivity index (χ4v) is 1.93.